The highest BCUT2D eigenvalue weighted by atomic mass is 32.1. The second-order valence-corrected chi connectivity index (χ2v) is 6.33. The molecule has 1 aliphatic rings. The minimum absolute atomic E-state index is 0.0161. The van der Waals surface area contributed by atoms with Gasteiger partial charge in [0.1, 0.15) is 22.5 Å². The van der Waals surface area contributed by atoms with E-state index in [4.69, 9.17) is 15.2 Å². The Morgan fingerprint density at radius 3 is 2.83 bits per heavy atom. The van der Waals surface area contributed by atoms with Crippen molar-refractivity contribution in [3.63, 3.8) is 0 Å². The summed E-state index contributed by atoms with van der Waals surface area (Å²) in [6.45, 7) is 1.15. The number of nitrogens with two attached hydrogens (primary N) is 1. The van der Waals surface area contributed by atoms with Gasteiger partial charge in [0.2, 0.25) is 5.95 Å². The SMILES string of the molecule is CO[C@]1(C)[C@@H](CO)O[C@@H](n2c(=O)sc3c(=O)[nH]c(N)nc32)[C@@H]1O. The summed E-state index contributed by atoms with van der Waals surface area (Å²) in [4.78, 5) is 29.9. The fourth-order valence-electron chi connectivity index (χ4n) is 2.70. The number of hydrogen-bond acceptors (Lipinski definition) is 9. The van der Waals surface area contributed by atoms with Crippen LogP contribution in [0, 0.1) is 0 Å². The monoisotopic (exact) mass is 344 g/mol. The summed E-state index contributed by atoms with van der Waals surface area (Å²) >= 11 is 0.671. The minimum atomic E-state index is -1.26. The van der Waals surface area contributed by atoms with Crippen molar-refractivity contribution in [2.75, 3.05) is 19.5 Å². The van der Waals surface area contributed by atoms with Crippen molar-refractivity contribution < 1.29 is 19.7 Å². The van der Waals surface area contributed by atoms with Crippen LogP contribution in [0.2, 0.25) is 0 Å². The molecule has 10 nitrogen and oxygen atoms in total. The first-order chi connectivity index (χ1) is 10.8. The smallest absolute Gasteiger partial charge is 0.311 e. The number of methoxy groups -OCH3 is 1. The number of fused-ring (bicyclic) bond motifs is 1. The van der Waals surface area contributed by atoms with Gasteiger partial charge in [-0.15, -0.1) is 0 Å². The number of thiazole rings is 1. The minimum Gasteiger partial charge on any atom is -0.394 e. The average Bonchev–Trinajstić information content (AvgIpc) is 2.95. The third kappa shape index (κ3) is 2.20. The predicted octanol–water partition coefficient (Wildman–Crippen LogP) is -1.62. The van der Waals surface area contributed by atoms with Crippen molar-refractivity contribution in [1.29, 1.82) is 0 Å². The van der Waals surface area contributed by atoms with E-state index < -0.39 is 41.1 Å². The molecule has 0 saturated carbocycles. The quantitative estimate of drug-likeness (QED) is 0.518. The van der Waals surface area contributed by atoms with E-state index in [0.717, 1.165) is 4.57 Å². The number of hydrogen-bond donors (Lipinski definition) is 4. The summed E-state index contributed by atoms with van der Waals surface area (Å²) in [5.41, 5.74) is 3.77. The number of aromatic nitrogens is 3. The largest absolute Gasteiger partial charge is 0.394 e. The lowest BCUT2D eigenvalue weighted by Crippen LogP contribution is -2.48. The van der Waals surface area contributed by atoms with Crippen molar-refractivity contribution in [3.05, 3.63) is 20.0 Å². The number of aromatic amines is 1. The molecule has 3 rings (SSSR count). The number of ether oxygens (including phenoxy) is 2. The van der Waals surface area contributed by atoms with Crippen LogP contribution in [0.3, 0.4) is 0 Å². The third-order valence-electron chi connectivity index (χ3n) is 4.15. The van der Waals surface area contributed by atoms with Crippen LogP contribution >= 0.6 is 11.3 Å². The number of anilines is 1. The predicted molar refractivity (Wildman–Crippen MR) is 81.3 cm³/mol. The number of nitrogens with one attached hydrogen (secondary N) is 1. The zero-order valence-corrected chi connectivity index (χ0v) is 13.2. The second kappa shape index (κ2) is 5.39. The Labute approximate surface area is 133 Å². The van der Waals surface area contributed by atoms with Crippen LogP contribution in [-0.2, 0) is 9.47 Å². The Morgan fingerprint density at radius 2 is 2.26 bits per heavy atom. The number of rotatable bonds is 3. The molecule has 11 heteroatoms. The van der Waals surface area contributed by atoms with Crippen molar-refractivity contribution in [3.8, 4) is 0 Å². The topological polar surface area (TPSA) is 153 Å². The lowest BCUT2D eigenvalue weighted by Gasteiger charge is -2.29. The lowest BCUT2D eigenvalue weighted by atomic mass is 9.94. The summed E-state index contributed by atoms with van der Waals surface area (Å²) in [5, 5.41) is 20.0. The van der Waals surface area contributed by atoms with Gasteiger partial charge in [-0.2, -0.15) is 4.98 Å². The van der Waals surface area contributed by atoms with Crippen LogP contribution < -0.4 is 16.2 Å². The molecule has 23 heavy (non-hydrogen) atoms. The third-order valence-corrected chi connectivity index (χ3v) is 5.10. The van der Waals surface area contributed by atoms with Crippen LogP contribution in [-0.4, -0.2) is 56.3 Å². The van der Waals surface area contributed by atoms with Crippen molar-refractivity contribution in [2.24, 2.45) is 0 Å². The van der Waals surface area contributed by atoms with Crippen LogP contribution in [0.5, 0.6) is 0 Å². The van der Waals surface area contributed by atoms with E-state index >= 15 is 0 Å². The maximum absolute atomic E-state index is 12.3. The summed E-state index contributed by atoms with van der Waals surface area (Å²) in [5.74, 6) is -0.158. The number of aliphatic hydroxyl groups is 2. The van der Waals surface area contributed by atoms with E-state index in [-0.39, 0.29) is 16.3 Å². The first-order valence-electron chi connectivity index (χ1n) is 6.73. The van der Waals surface area contributed by atoms with Gasteiger partial charge >= 0.3 is 4.87 Å². The normalized spacial score (nSPS) is 31.0. The average molecular weight is 344 g/mol. The Morgan fingerprint density at radius 1 is 1.57 bits per heavy atom. The van der Waals surface area contributed by atoms with Gasteiger partial charge in [-0.05, 0) is 6.92 Å². The van der Waals surface area contributed by atoms with Gasteiger partial charge in [0.15, 0.2) is 11.9 Å². The van der Waals surface area contributed by atoms with Crippen LogP contribution in [0.15, 0.2) is 9.59 Å². The molecule has 2 aromatic rings. The van der Waals surface area contributed by atoms with E-state index in [9.17, 15) is 19.8 Å². The van der Waals surface area contributed by atoms with Crippen LogP contribution in [0.4, 0.5) is 5.95 Å². The number of nitrogen functional groups attached to an aromatic ring is 1. The van der Waals surface area contributed by atoms with Gasteiger partial charge in [-0.1, -0.05) is 11.3 Å². The summed E-state index contributed by atoms with van der Waals surface area (Å²) in [6, 6.07) is 0. The van der Waals surface area contributed by atoms with Crippen LogP contribution in [0.1, 0.15) is 13.2 Å². The molecule has 0 aromatic carbocycles. The van der Waals surface area contributed by atoms with Gasteiger partial charge in [-0.25, -0.2) is 0 Å². The van der Waals surface area contributed by atoms with Gasteiger partial charge in [0.05, 0.1) is 6.61 Å². The highest BCUT2D eigenvalue weighted by molar-refractivity contribution is 7.16. The summed E-state index contributed by atoms with van der Waals surface area (Å²) in [6.07, 6.45) is -3.27. The molecule has 4 atom stereocenters. The summed E-state index contributed by atoms with van der Waals surface area (Å²) in [7, 11) is 1.37. The van der Waals surface area contributed by atoms with Gasteiger partial charge in [0, 0.05) is 7.11 Å². The van der Waals surface area contributed by atoms with Gasteiger partial charge < -0.3 is 25.4 Å². The molecule has 0 amide bonds. The van der Waals surface area contributed by atoms with Crippen LogP contribution in [0.25, 0.3) is 10.3 Å². The molecule has 0 aliphatic carbocycles. The van der Waals surface area contributed by atoms with E-state index in [1.165, 1.54) is 7.11 Å². The fourth-order valence-corrected chi connectivity index (χ4v) is 3.54. The van der Waals surface area contributed by atoms with Crippen molar-refractivity contribution in [1.82, 2.24) is 14.5 Å². The molecule has 3 heterocycles. The molecule has 1 aliphatic heterocycles. The molecule has 1 saturated heterocycles. The number of H-pyrrole nitrogens is 1. The molecule has 1 fully saturated rings. The van der Waals surface area contributed by atoms with E-state index in [2.05, 4.69) is 9.97 Å². The number of aliphatic hydroxyl groups excluding tert-OH is 2. The Bertz CT molecular complexity index is 859. The number of nitrogens with zero attached hydrogens (tertiary/aromatic N) is 2. The zero-order valence-electron chi connectivity index (χ0n) is 12.3. The second-order valence-electron chi connectivity index (χ2n) is 5.37. The molecule has 0 bridgehead atoms. The molecule has 0 radical (unpaired) electrons. The molecule has 2 aromatic heterocycles. The highest BCUT2D eigenvalue weighted by Crippen LogP contribution is 2.39. The zero-order chi connectivity index (χ0) is 16.9. The Balaban J connectivity index is 2.20. The van der Waals surface area contributed by atoms with Gasteiger partial charge in [-0.3, -0.25) is 19.1 Å². The fraction of sp³-hybridized carbons (Fsp3) is 0.583. The lowest BCUT2D eigenvalue weighted by molar-refractivity contribution is -0.105. The molecule has 126 valence electrons. The first kappa shape index (κ1) is 16.1. The molecule has 0 spiro atoms. The van der Waals surface area contributed by atoms with E-state index in [0.29, 0.717) is 11.3 Å². The maximum Gasteiger partial charge on any atom is 0.311 e. The standard InChI is InChI=1S/C12H16N4O6S/c1-12(21-2)4(3-17)22-9(6(12)18)16-7-5(23-11(16)20)8(19)15-10(13)14-7/h4,6,9,17-18H,3H2,1-2H3,(H3,13,14,15,19)/t4-,6+,9-,12-/m1/s1. The van der Waals surface area contributed by atoms with Gasteiger partial charge in [0.25, 0.3) is 5.56 Å². The summed E-state index contributed by atoms with van der Waals surface area (Å²) < 4.78 is 12.0. The molecular formula is C12H16N4O6S. The Kier molecular flexibility index (Phi) is 3.77. The highest BCUT2D eigenvalue weighted by Gasteiger charge is 2.55. The Hall–Kier alpha value is -1.79. The molecular weight excluding hydrogens is 328 g/mol. The van der Waals surface area contributed by atoms with Crippen molar-refractivity contribution in [2.45, 2.75) is 31.0 Å². The van der Waals surface area contributed by atoms with Crippen molar-refractivity contribution >= 4 is 27.6 Å². The molecule has 5 N–H and O–H groups in total. The molecule has 0 unspecified atom stereocenters. The first-order valence-corrected chi connectivity index (χ1v) is 7.55. The van der Waals surface area contributed by atoms with E-state index in [1.54, 1.807) is 6.92 Å². The maximum atomic E-state index is 12.3. The van der Waals surface area contributed by atoms with E-state index in [1.807, 2.05) is 0 Å².